The van der Waals surface area contributed by atoms with Crippen molar-refractivity contribution in [3.05, 3.63) is 54.2 Å². The third-order valence-corrected chi connectivity index (χ3v) is 5.10. The van der Waals surface area contributed by atoms with Crippen LogP contribution >= 0.6 is 0 Å². The van der Waals surface area contributed by atoms with E-state index in [0.29, 0.717) is 35.1 Å². The summed E-state index contributed by atoms with van der Waals surface area (Å²) in [5.41, 5.74) is 1.46. The highest BCUT2D eigenvalue weighted by molar-refractivity contribution is 5.83. The molecule has 1 aliphatic heterocycles. The number of nitrogens with zero attached hydrogens (tertiary/aromatic N) is 1. The zero-order valence-electron chi connectivity index (χ0n) is 16.9. The summed E-state index contributed by atoms with van der Waals surface area (Å²) in [7, 11) is 6.26. The third kappa shape index (κ3) is 3.94. The number of rotatable bonds is 7. The first-order valence-corrected chi connectivity index (χ1v) is 9.15. The van der Waals surface area contributed by atoms with E-state index in [2.05, 4.69) is 0 Å². The number of allylic oxidation sites excluding steroid dienone is 1. The summed E-state index contributed by atoms with van der Waals surface area (Å²) < 4.78 is 21.5. The van der Waals surface area contributed by atoms with Crippen LogP contribution in [0.15, 0.2) is 48.7 Å². The Morgan fingerprint density at radius 3 is 2.14 bits per heavy atom. The molecule has 2 aromatic rings. The Hall–Kier alpha value is -3.35. The molecule has 1 N–H and O–H groups in total. The minimum absolute atomic E-state index is 0.329. The van der Waals surface area contributed by atoms with E-state index in [1.807, 2.05) is 18.2 Å². The van der Waals surface area contributed by atoms with E-state index in [-0.39, 0.29) is 5.92 Å². The first-order valence-electron chi connectivity index (χ1n) is 9.15. The highest BCUT2D eigenvalue weighted by atomic mass is 16.5. The SMILES string of the molecule is COc1ccc(C2CC=CN(c3ccc(OC)cc3OC)C2C(=O)O)c(OC)c1. The predicted octanol–water partition coefficient (Wildman–Crippen LogP) is 3.68. The highest BCUT2D eigenvalue weighted by Crippen LogP contribution is 2.42. The van der Waals surface area contributed by atoms with Crippen molar-refractivity contribution in [2.75, 3.05) is 33.3 Å². The Bertz CT molecular complexity index is 910. The molecule has 3 rings (SSSR count). The molecule has 0 spiro atoms. The smallest absolute Gasteiger partial charge is 0.327 e. The molecule has 0 radical (unpaired) electrons. The quantitative estimate of drug-likeness (QED) is 0.761. The van der Waals surface area contributed by atoms with Crippen LogP contribution in [0.2, 0.25) is 0 Å². The average molecular weight is 399 g/mol. The van der Waals surface area contributed by atoms with Gasteiger partial charge < -0.3 is 29.0 Å². The van der Waals surface area contributed by atoms with E-state index >= 15 is 0 Å². The van der Waals surface area contributed by atoms with Gasteiger partial charge in [0.05, 0.1) is 34.1 Å². The van der Waals surface area contributed by atoms with Crippen molar-refractivity contribution in [2.24, 2.45) is 0 Å². The van der Waals surface area contributed by atoms with Crippen molar-refractivity contribution in [3.63, 3.8) is 0 Å². The van der Waals surface area contributed by atoms with E-state index in [1.165, 1.54) is 0 Å². The minimum atomic E-state index is -0.935. The van der Waals surface area contributed by atoms with Gasteiger partial charge >= 0.3 is 5.97 Å². The summed E-state index contributed by atoms with van der Waals surface area (Å²) in [5, 5.41) is 10.1. The molecule has 0 bridgehead atoms. The third-order valence-electron chi connectivity index (χ3n) is 5.10. The van der Waals surface area contributed by atoms with Crippen LogP contribution in [0, 0.1) is 0 Å². The lowest BCUT2D eigenvalue weighted by Gasteiger charge is -2.37. The molecule has 0 fully saturated rings. The molecule has 29 heavy (non-hydrogen) atoms. The molecule has 7 heteroatoms. The number of ether oxygens (including phenoxy) is 4. The lowest BCUT2D eigenvalue weighted by atomic mass is 9.84. The van der Waals surface area contributed by atoms with Gasteiger partial charge in [0, 0.05) is 29.8 Å². The van der Waals surface area contributed by atoms with Gasteiger partial charge in [-0.1, -0.05) is 12.1 Å². The summed E-state index contributed by atoms with van der Waals surface area (Å²) in [6, 6.07) is 9.91. The monoisotopic (exact) mass is 399 g/mol. The average Bonchev–Trinajstić information content (AvgIpc) is 2.77. The molecule has 2 unspecified atom stereocenters. The lowest BCUT2D eigenvalue weighted by molar-refractivity contribution is -0.139. The maximum absolute atomic E-state index is 12.4. The molecule has 0 aliphatic carbocycles. The number of methoxy groups -OCH3 is 4. The van der Waals surface area contributed by atoms with Crippen LogP contribution in [0.1, 0.15) is 17.9 Å². The molecule has 1 heterocycles. The molecule has 1 aliphatic rings. The van der Waals surface area contributed by atoms with Crippen LogP contribution in [0.5, 0.6) is 23.0 Å². The number of aliphatic carboxylic acids is 1. The Morgan fingerprint density at radius 2 is 1.55 bits per heavy atom. The number of carboxylic acids is 1. The topological polar surface area (TPSA) is 77.5 Å². The molecule has 0 amide bonds. The van der Waals surface area contributed by atoms with E-state index in [1.54, 1.807) is 63.8 Å². The van der Waals surface area contributed by atoms with Crippen LogP contribution in [0.3, 0.4) is 0 Å². The van der Waals surface area contributed by atoms with E-state index in [9.17, 15) is 9.90 Å². The molecule has 0 aromatic heterocycles. The fraction of sp³-hybridized carbons (Fsp3) is 0.318. The number of hydrogen-bond acceptors (Lipinski definition) is 6. The zero-order valence-corrected chi connectivity index (χ0v) is 16.9. The standard InChI is InChI=1S/C22H25NO6/c1-26-14-7-9-16(19(12-14)28-3)17-6-5-11-23(21(17)22(24)25)18-10-8-15(27-2)13-20(18)29-4/h5,7-13,17,21H,6H2,1-4H3,(H,24,25). The van der Waals surface area contributed by atoms with Gasteiger partial charge in [-0.3, -0.25) is 0 Å². The van der Waals surface area contributed by atoms with Crippen molar-refractivity contribution < 1.29 is 28.8 Å². The zero-order chi connectivity index (χ0) is 21.0. The lowest BCUT2D eigenvalue weighted by Crippen LogP contribution is -2.44. The van der Waals surface area contributed by atoms with Gasteiger partial charge in [-0.05, 0) is 24.6 Å². The summed E-state index contributed by atoms with van der Waals surface area (Å²) in [6.07, 6.45) is 4.31. The number of hydrogen-bond donors (Lipinski definition) is 1. The van der Waals surface area contributed by atoms with Crippen molar-refractivity contribution in [3.8, 4) is 23.0 Å². The van der Waals surface area contributed by atoms with Gasteiger partial charge in [0.25, 0.3) is 0 Å². The first kappa shape index (κ1) is 20.4. The normalized spacial score (nSPS) is 18.3. The summed E-state index contributed by atoms with van der Waals surface area (Å²) in [5.74, 6) is 1.14. The van der Waals surface area contributed by atoms with Crippen molar-refractivity contribution in [2.45, 2.75) is 18.4 Å². The van der Waals surface area contributed by atoms with Crippen molar-refractivity contribution in [1.82, 2.24) is 0 Å². The molecule has 0 saturated carbocycles. The molecule has 2 aromatic carbocycles. The second kappa shape index (κ2) is 8.77. The molecule has 7 nitrogen and oxygen atoms in total. The van der Waals surface area contributed by atoms with Crippen LogP contribution in [-0.4, -0.2) is 45.6 Å². The van der Waals surface area contributed by atoms with Crippen molar-refractivity contribution >= 4 is 11.7 Å². The van der Waals surface area contributed by atoms with E-state index in [4.69, 9.17) is 18.9 Å². The highest BCUT2D eigenvalue weighted by Gasteiger charge is 2.38. The Kier molecular flexibility index (Phi) is 6.16. The van der Waals surface area contributed by atoms with Crippen LogP contribution in [-0.2, 0) is 4.79 Å². The van der Waals surface area contributed by atoms with E-state index < -0.39 is 12.0 Å². The fourth-order valence-electron chi connectivity index (χ4n) is 3.68. The van der Waals surface area contributed by atoms with Crippen molar-refractivity contribution in [1.29, 1.82) is 0 Å². The van der Waals surface area contributed by atoms with Gasteiger partial charge in [-0.15, -0.1) is 0 Å². The molecule has 2 atom stereocenters. The van der Waals surface area contributed by atoms with Gasteiger partial charge in [0.1, 0.15) is 29.0 Å². The Balaban J connectivity index is 2.07. The largest absolute Gasteiger partial charge is 0.497 e. The maximum atomic E-state index is 12.4. The van der Waals surface area contributed by atoms with Crippen LogP contribution in [0.4, 0.5) is 5.69 Å². The molecule has 154 valence electrons. The number of carboxylic acid groups (broad SMARTS) is 1. The number of benzene rings is 2. The summed E-state index contributed by atoms with van der Waals surface area (Å²) in [6.45, 7) is 0. The van der Waals surface area contributed by atoms with Gasteiger partial charge in [-0.25, -0.2) is 4.79 Å². The summed E-state index contributed by atoms with van der Waals surface area (Å²) in [4.78, 5) is 14.1. The Morgan fingerprint density at radius 1 is 0.931 bits per heavy atom. The molecule has 0 saturated heterocycles. The number of anilines is 1. The van der Waals surface area contributed by atoms with Gasteiger partial charge in [0.2, 0.25) is 0 Å². The second-order valence-corrected chi connectivity index (χ2v) is 6.56. The summed E-state index contributed by atoms with van der Waals surface area (Å²) >= 11 is 0. The second-order valence-electron chi connectivity index (χ2n) is 6.56. The van der Waals surface area contributed by atoms with Gasteiger partial charge in [0.15, 0.2) is 0 Å². The molecular weight excluding hydrogens is 374 g/mol. The predicted molar refractivity (Wildman–Crippen MR) is 109 cm³/mol. The maximum Gasteiger partial charge on any atom is 0.327 e. The Labute approximate surface area is 170 Å². The van der Waals surface area contributed by atoms with Gasteiger partial charge in [-0.2, -0.15) is 0 Å². The van der Waals surface area contributed by atoms with Crippen LogP contribution in [0.25, 0.3) is 0 Å². The van der Waals surface area contributed by atoms with Crippen LogP contribution < -0.4 is 23.8 Å². The minimum Gasteiger partial charge on any atom is -0.497 e. The van der Waals surface area contributed by atoms with E-state index in [0.717, 1.165) is 5.56 Å². The molecular formula is C22H25NO6. The number of carbonyl (C=O) groups is 1. The first-order chi connectivity index (χ1) is 14.0. The fourth-order valence-corrected chi connectivity index (χ4v) is 3.68.